The molecular weight excluding hydrogens is 248 g/mol. The summed E-state index contributed by atoms with van der Waals surface area (Å²) in [7, 11) is 0. The van der Waals surface area contributed by atoms with Gasteiger partial charge in [0.25, 0.3) is 5.91 Å². The van der Waals surface area contributed by atoms with E-state index in [1.165, 1.54) is 0 Å². The molecule has 1 atom stereocenters. The summed E-state index contributed by atoms with van der Waals surface area (Å²) in [5.41, 5.74) is -1.98. The van der Waals surface area contributed by atoms with Crippen molar-refractivity contribution in [2.45, 2.75) is 52.0 Å². The third-order valence-corrected chi connectivity index (χ3v) is 4.08. The number of nitrogens with one attached hydrogen (secondary N) is 1. The molecule has 2 rings (SSSR count). The average Bonchev–Trinajstić information content (AvgIpc) is 2.51. The van der Waals surface area contributed by atoms with Crippen LogP contribution in [0.2, 0.25) is 0 Å². The number of hydrogen-bond acceptors (Lipinski definition) is 4. The van der Waals surface area contributed by atoms with Crippen LogP contribution in [-0.4, -0.2) is 34.1 Å². The molecule has 4 amide bonds. The van der Waals surface area contributed by atoms with Gasteiger partial charge in [-0.2, -0.15) is 0 Å². The zero-order valence-corrected chi connectivity index (χ0v) is 11.4. The first kappa shape index (κ1) is 13.7. The summed E-state index contributed by atoms with van der Waals surface area (Å²) in [6, 6.07) is 0. The predicted octanol–water partition coefficient (Wildman–Crippen LogP) is 0.357. The summed E-state index contributed by atoms with van der Waals surface area (Å²) < 4.78 is 0. The van der Waals surface area contributed by atoms with Crippen LogP contribution in [0.15, 0.2) is 0 Å². The Balaban J connectivity index is 2.42. The van der Waals surface area contributed by atoms with Crippen molar-refractivity contribution in [3.8, 4) is 0 Å². The lowest BCUT2D eigenvalue weighted by molar-refractivity contribution is -0.160. The van der Waals surface area contributed by atoms with Crippen LogP contribution in [-0.2, 0) is 19.2 Å². The van der Waals surface area contributed by atoms with E-state index in [1.54, 1.807) is 20.8 Å². The molecular formula is C13H18N2O4. The molecule has 0 radical (unpaired) electrons. The van der Waals surface area contributed by atoms with E-state index < -0.39 is 16.9 Å². The Morgan fingerprint density at radius 2 is 1.84 bits per heavy atom. The minimum Gasteiger partial charge on any atom is -0.294 e. The van der Waals surface area contributed by atoms with Gasteiger partial charge < -0.3 is 0 Å². The Labute approximate surface area is 111 Å². The minimum absolute atomic E-state index is 0.106. The molecule has 2 heterocycles. The molecule has 6 nitrogen and oxygen atoms in total. The van der Waals surface area contributed by atoms with Crippen molar-refractivity contribution in [3.05, 3.63) is 0 Å². The highest BCUT2D eigenvalue weighted by atomic mass is 16.2. The number of piperidine rings is 1. The molecule has 0 aliphatic carbocycles. The molecule has 0 spiro atoms. The third kappa shape index (κ3) is 1.86. The smallest absolute Gasteiger partial charge is 0.253 e. The van der Waals surface area contributed by atoms with E-state index >= 15 is 0 Å². The summed E-state index contributed by atoms with van der Waals surface area (Å²) in [5, 5.41) is 2.24. The molecule has 0 aromatic rings. The van der Waals surface area contributed by atoms with Crippen LogP contribution in [0.4, 0.5) is 0 Å². The van der Waals surface area contributed by atoms with Gasteiger partial charge in [-0.05, 0) is 12.8 Å². The number of rotatable bonds is 2. The van der Waals surface area contributed by atoms with Crippen LogP contribution in [0.3, 0.4) is 0 Å². The minimum atomic E-state index is -1.20. The van der Waals surface area contributed by atoms with Crippen molar-refractivity contribution in [3.63, 3.8) is 0 Å². The lowest BCUT2D eigenvalue weighted by Crippen LogP contribution is -2.64. The standard InChI is InChI=1S/C13H18N2O4/c1-4-13(6-5-8(16)14-10(13)18)15-9(17)7-12(2,3)11(15)19/h4-7H2,1-3H3,(H,14,16,18). The van der Waals surface area contributed by atoms with E-state index in [4.69, 9.17) is 0 Å². The Morgan fingerprint density at radius 1 is 1.21 bits per heavy atom. The summed E-state index contributed by atoms with van der Waals surface area (Å²) in [4.78, 5) is 49.0. The van der Waals surface area contributed by atoms with Crippen LogP contribution in [0.1, 0.15) is 46.5 Å². The largest absolute Gasteiger partial charge is 0.294 e. The molecule has 0 saturated carbocycles. The first-order valence-electron chi connectivity index (χ1n) is 6.46. The molecule has 1 unspecified atom stereocenters. The van der Waals surface area contributed by atoms with Crippen LogP contribution >= 0.6 is 0 Å². The van der Waals surface area contributed by atoms with E-state index in [1.807, 2.05) is 0 Å². The average molecular weight is 266 g/mol. The van der Waals surface area contributed by atoms with Gasteiger partial charge in [0.15, 0.2) is 0 Å². The normalized spacial score (nSPS) is 30.8. The Morgan fingerprint density at radius 3 is 2.26 bits per heavy atom. The number of carbonyl (C=O) groups excluding carboxylic acids is 4. The molecule has 0 aromatic carbocycles. The van der Waals surface area contributed by atoms with Gasteiger partial charge in [0, 0.05) is 12.8 Å². The molecule has 0 aromatic heterocycles. The lowest BCUT2D eigenvalue weighted by Gasteiger charge is -2.41. The summed E-state index contributed by atoms with van der Waals surface area (Å²) in [6.07, 6.45) is 0.785. The molecule has 2 fully saturated rings. The first-order valence-corrected chi connectivity index (χ1v) is 6.46. The number of amides is 4. The molecule has 2 saturated heterocycles. The highest BCUT2D eigenvalue weighted by molar-refractivity contribution is 6.12. The number of carbonyl (C=O) groups is 4. The van der Waals surface area contributed by atoms with E-state index in [-0.39, 0.29) is 37.0 Å². The van der Waals surface area contributed by atoms with Crippen LogP contribution in [0, 0.1) is 5.41 Å². The predicted molar refractivity (Wildman–Crippen MR) is 65.7 cm³/mol. The van der Waals surface area contributed by atoms with E-state index in [0.717, 1.165) is 4.90 Å². The van der Waals surface area contributed by atoms with Crippen LogP contribution in [0.5, 0.6) is 0 Å². The second-order valence-electron chi connectivity index (χ2n) is 5.86. The maximum absolute atomic E-state index is 12.4. The highest BCUT2D eigenvalue weighted by Crippen LogP contribution is 2.40. The summed E-state index contributed by atoms with van der Waals surface area (Å²) in [5.74, 6) is -1.55. The maximum atomic E-state index is 12.4. The fourth-order valence-electron chi connectivity index (χ4n) is 2.83. The van der Waals surface area contributed by atoms with Gasteiger partial charge in [0.05, 0.1) is 5.41 Å². The van der Waals surface area contributed by atoms with Crippen molar-refractivity contribution in [1.29, 1.82) is 0 Å². The second-order valence-corrected chi connectivity index (χ2v) is 5.86. The van der Waals surface area contributed by atoms with Gasteiger partial charge in [0.1, 0.15) is 5.54 Å². The molecule has 6 heteroatoms. The maximum Gasteiger partial charge on any atom is 0.253 e. The fourth-order valence-corrected chi connectivity index (χ4v) is 2.83. The molecule has 0 bridgehead atoms. The van der Waals surface area contributed by atoms with E-state index in [9.17, 15) is 19.2 Å². The Kier molecular flexibility index (Phi) is 2.99. The quantitative estimate of drug-likeness (QED) is 0.731. The zero-order chi connectivity index (χ0) is 14.4. The molecule has 19 heavy (non-hydrogen) atoms. The van der Waals surface area contributed by atoms with Crippen molar-refractivity contribution >= 4 is 23.6 Å². The number of hydrogen-bond donors (Lipinski definition) is 1. The van der Waals surface area contributed by atoms with Gasteiger partial charge in [0.2, 0.25) is 17.7 Å². The number of imide groups is 2. The van der Waals surface area contributed by atoms with Crippen molar-refractivity contribution < 1.29 is 19.2 Å². The summed E-state index contributed by atoms with van der Waals surface area (Å²) in [6.45, 7) is 5.15. The monoisotopic (exact) mass is 266 g/mol. The van der Waals surface area contributed by atoms with Gasteiger partial charge in [-0.25, -0.2) is 0 Å². The topological polar surface area (TPSA) is 83.6 Å². The lowest BCUT2D eigenvalue weighted by atomic mass is 9.84. The van der Waals surface area contributed by atoms with E-state index in [0.29, 0.717) is 6.42 Å². The van der Waals surface area contributed by atoms with Crippen LogP contribution < -0.4 is 5.32 Å². The third-order valence-electron chi connectivity index (χ3n) is 4.08. The molecule has 2 aliphatic heterocycles. The van der Waals surface area contributed by atoms with Crippen molar-refractivity contribution in [2.75, 3.05) is 0 Å². The van der Waals surface area contributed by atoms with E-state index in [2.05, 4.69) is 5.32 Å². The SMILES string of the molecule is CCC1(N2C(=O)CC(C)(C)C2=O)CCC(=O)NC1=O. The van der Waals surface area contributed by atoms with Crippen molar-refractivity contribution in [1.82, 2.24) is 10.2 Å². The Hall–Kier alpha value is -1.72. The van der Waals surface area contributed by atoms with Gasteiger partial charge in [-0.1, -0.05) is 20.8 Å². The second kappa shape index (κ2) is 4.15. The van der Waals surface area contributed by atoms with Gasteiger partial charge in [-0.3, -0.25) is 29.4 Å². The zero-order valence-electron chi connectivity index (χ0n) is 11.4. The number of nitrogens with zero attached hydrogens (tertiary/aromatic N) is 1. The number of likely N-dealkylation sites (tertiary alicyclic amines) is 1. The van der Waals surface area contributed by atoms with Crippen molar-refractivity contribution in [2.24, 2.45) is 5.41 Å². The van der Waals surface area contributed by atoms with Gasteiger partial charge >= 0.3 is 0 Å². The highest BCUT2D eigenvalue weighted by Gasteiger charge is 2.57. The van der Waals surface area contributed by atoms with Crippen LogP contribution in [0.25, 0.3) is 0 Å². The first-order chi connectivity index (χ1) is 8.74. The molecule has 2 aliphatic rings. The summed E-state index contributed by atoms with van der Waals surface area (Å²) >= 11 is 0. The Bertz CT molecular complexity index is 483. The molecule has 1 N–H and O–H groups in total. The fraction of sp³-hybridized carbons (Fsp3) is 0.692. The van der Waals surface area contributed by atoms with Gasteiger partial charge in [-0.15, -0.1) is 0 Å². The molecule has 104 valence electrons.